The monoisotopic (exact) mass is 2230 g/mol. The molecule has 144 heavy (non-hydrogen) atoms. The van der Waals surface area contributed by atoms with Crippen LogP contribution in [0.25, 0.3) is 246 Å². The van der Waals surface area contributed by atoms with Gasteiger partial charge in [0.05, 0.1) is 33.7 Å². The number of nitrogens with zero attached hydrogens (tertiary/aromatic N) is 6. The Bertz CT molecular complexity index is 9370. The SMILES string of the molecule is [2H]c1nc(-c2[c-]cc(-c3ccccc3-c3cc(-c4ccccc4-c4c[c-]c(-c5cc(C([2H])([2H])[2H])c(-c6c([2H])c([2H])c([2H])c([2H])c6[2H])cn5)cc4)cc(-c4ccccc4-c4c[c-]c(-c5cc(C([2H])([2H])[2H])c(-c6c([2H])c([2H])c([2H])c([2H])c6[2H])cn5)cc4)c3)cc2)cc(-c2[c-]cc(-c3ccccc3-c3cc(-c4ccccc4-c4c[c-]c(-c5cc(C([2H])([2H])[2H])c(-c6c([2H])c([2H])c([2H])c([2H])c6[2H])cn5)cc4)cc(-c4ccccc4-c4c[c-]c(-c5cc(C([2H])([2H])[2H])c(-c6c([2H])c([2H])c([2H])c([2H])c6[2H])cn5)cc4)c3)cc2)n1.[Ir+3].[Ir+3]. The molecule has 0 aliphatic carbocycles. The van der Waals surface area contributed by atoms with Crippen molar-refractivity contribution in [2.24, 2.45) is 0 Å². The number of hydrogen-bond donors (Lipinski definition) is 0. The third-order valence-electron chi connectivity index (χ3n) is 25.0. The van der Waals surface area contributed by atoms with Crippen LogP contribution >= 0.6 is 0 Å². The second-order valence-corrected chi connectivity index (χ2v) is 33.5. The van der Waals surface area contributed by atoms with Crippen molar-refractivity contribution >= 4 is 0 Å². The van der Waals surface area contributed by atoms with E-state index < -0.39 is 148 Å². The van der Waals surface area contributed by atoms with E-state index in [1.54, 1.807) is 54.6 Å². The van der Waals surface area contributed by atoms with E-state index in [0.29, 0.717) is 67.0 Å². The maximum Gasteiger partial charge on any atom is 3.00 e. The van der Waals surface area contributed by atoms with E-state index in [1.165, 1.54) is 49.1 Å². The Balaban J connectivity index is 0.00000882. The Hall–Kier alpha value is -17.1. The van der Waals surface area contributed by atoms with Crippen molar-refractivity contribution in [1.29, 1.82) is 0 Å². The van der Waals surface area contributed by atoms with Crippen molar-refractivity contribution < 1.29 is 85.4 Å². The van der Waals surface area contributed by atoms with Crippen molar-refractivity contribution in [2.75, 3.05) is 0 Å². The zero-order chi connectivity index (χ0) is 124. The van der Waals surface area contributed by atoms with Gasteiger partial charge >= 0.3 is 40.2 Å². The summed E-state index contributed by atoms with van der Waals surface area (Å²) in [6, 6.07) is 108. The van der Waals surface area contributed by atoms with Gasteiger partial charge in [0.2, 0.25) is 0 Å². The molecular weight excluding hydrogens is 2100 g/mol. The summed E-state index contributed by atoms with van der Waals surface area (Å²) in [5, 5.41) is 0. The second-order valence-electron chi connectivity index (χ2n) is 33.5. The Morgan fingerprint density at radius 2 is 0.347 bits per heavy atom. The van der Waals surface area contributed by atoms with Crippen molar-refractivity contribution in [1.82, 2.24) is 29.9 Å². The predicted octanol–water partition coefficient (Wildman–Crippen LogP) is 34.8. The molecule has 0 saturated carbocycles. The summed E-state index contributed by atoms with van der Waals surface area (Å²) in [7, 11) is 0. The number of aryl methyl sites for hydroxylation is 4. The molecule has 0 fully saturated rings. The molecule has 18 aromatic carbocycles. The third kappa shape index (κ3) is 19.3. The van der Waals surface area contributed by atoms with Crippen LogP contribution in [0.5, 0.6) is 0 Å². The summed E-state index contributed by atoms with van der Waals surface area (Å²) in [6.45, 7) is -11.3. The topological polar surface area (TPSA) is 77.3 Å². The quantitative estimate of drug-likeness (QED) is 0.0629. The minimum Gasteiger partial charge on any atom is -0.304 e. The summed E-state index contributed by atoms with van der Waals surface area (Å²) in [5.74, 6) is 0. The molecule has 0 aliphatic heterocycles. The van der Waals surface area contributed by atoms with E-state index in [-0.39, 0.29) is 136 Å². The molecule has 0 aliphatic rings. The van der Waals surface area contributed by atoms with Gasteiger partial charge in [0.15, 0.2) is 0 Å². The molecule has 0 unspecified atom stereocenters. The fourth-order valence-corrected chi connectivity index (χ4v) is 18.0. The van der Waals surface area contributed by atoms with E-state index in [4.69, 9.17) is 43.9 Å². The molecule has 8 heteroatoms. The molecule has 0 N–H and O–H groups in total. The van der Waals surface area contributed by atoms with Gasteiger partial charge in [-0.1, -0.05) is 364 Å². The van der Waals surface area contributed by atoms with Gasteiger partial charge in [-0.05, 0) is 209 Å². The number of pyridine rings is 4. The van der Waals surface area contributed by atoms with E-state index in [2.05, 4.69) is 103 Å². The minimum atomic E-state index is -2.82. The van der Waals surface area contributed by atoms with Crippen molar-refractivity contribution in [3.05, 3.63) is 532 Å². The molecule has 0 atom stereocenters. The molecular formula is C136H90Ir2N6. The zero-order valence-electron chi connectivity index (χ0n) is 109. The van der Waals surface area contributed by atoms with E-state index in [1.807, 2.05) is 206 Å². The molecule has 5 aromatic heterocycles. The molecule has 0 radical (unpaired) electrons. The number of aromatic nitrogens is 6. The molecule has 6 nitrogen and oxygen atoms in total. The minimum absolute atomic E-state index is 0. The Kier molecular flexibility index (Phi) is 18.0. The van der Waals surface area contributed by atoms with Crippen molar-refractivity contribution in [3.63, 3.8) is 0 Å². The second kappa shape index (κ2) is 41.8. The van der Waals surface area contributed by atoms with Crippen LogP contribution in [0, 0.1) is 63.8 Å². The smallest absolute Gasteiger partial charge is 0.304 e. The van der Waals surface area contributed by atoms with Gasteiger partial charge in [-0.25, -0.2) is 0 Å². The first-order valence-electron chi connectivity index (χ1n) is 61.7. The normalized spacial score (nSPS) is 14.7. The van der Waals surface area contributed by atoms with Crippen LogP contribution in [-0.4, -0.2) is 29.9 Å². The van der Waals surface area contributed by atoms with E-state index in [0.717, 1.165) is 111 Å². The first-order valence-corrected chi connectivity index (χ1v) is 45.2. The average Bonchev–Trinajstić information content (AvgIpc) is 0.756. The van der Waals surface area contributed by atoms with Crippen LogP contribution in [0.1, 0.15) is 67.5 Å². The Morgan fingerprint density at radius 3 is 0.514 bits per heavy atom. The van der Waals surface area contributed by atoms with Gasteiger partial charge in [-0.2, -0.15) is 0 Å². The molecule has 0 saturated heterocycles. The van der Waals surface area contributed by atoms with Crippen LogP contribution in [0.2, 0.25) is 0 Å². The zero-order valence-corrected chi connectivity index (χ0v) is 80.5. The first-order chi connectivity index (χ1) is 83.5. The van der Waals surface area contributed by atoms with Gasteiger partial charge in [0, 0.05) is 63.5 Å². The Labute approximate surface area is 915 Å². The fraction of sp³-hybridized carbons (Fsp3) is 0.0294. The molecule has 23 rings (SSSR count). The van der Waals surface area contributed by atoms with Crippen molar-refractivity contribution in [3.8, 4) is 246 Å². The largest absolute Gasteiger partial charge is 3.00 e. The maximum atomic E-state index is 9.20. The first kappa shape index (κ1) is 62.2. The number of hydrogen-bond acceptors (Lipinski definition) is 6. The summed E-state index contributed by atoms with van der Waals surface area (Å²) in [5.41, 5.74) is 20.1. The summed E-state index contributed by atoms with van der Waals surface area (Å²) >= 11 is 0. The van der Waals surface area contributed by atoms with Gasteiger partial charge in [0.1, 0.15) is 1.37 Å². The van der Waals surface area contributed by atoms with E-state index >= 15 is 0 Å². The Morgan fingerprint density at radius 1 is 0.174 bits per heavy atom. The third-order valence-corrected chi connectivity index (χ3v) is 25.0. The van der Waals surface area contributed by atoms with Crippen molar-refractivity contribution in [2.45, 2.75) is 27.4 Å². The van der Waals surface area contributed by atoms with Gasteiger partial charge in [-0.3, -0.25) is 9.97 Å². The van der Waals surface area contributed by atoms with Crippen LogP contribution in [0.4, 0.5) is 0 Å². The summed E-state index contributed by atoms with van der Waals surface area (Å²) in [4.78, 5) is 27.8. The average molecular weight is 2230 g/mol. The van der Waals surface area contributed by atoms with E-state index in [9.17, 15) is 1.37 Å². The summed E-state index contributed by atoms with van der Waals surface area (Å²) < 4.78 is 283. The molecule has 0 bridgehead atoms. The van der Waals surface area contributed by atoms with Gasteiger partial charge in [0.25, 0.3) is 0 Å². The van der Waals surface area contributed by atoms with Gasteiger partial charge < -0.3 is 19.9 Å². The van der Waals surface area contributed by atoms with Crippen LogP contribution < -0.4 is 0 Å². The predicted molar refractivity (Wildman–Crippen MR) is 585 cm³/mol. The fourth-order valence-electron chi connectivity index (χ4n) is 18.0. The molecule has 0 amide bonds. The van der Waals surface area contributed by atoms with Gasteiger partial charge in [-0.15, -0.1) is 179 Å². The van der Waals surface area contributed by atoms with Crippen LogP contribution in [0.3, 0.4) is 0 Å². The molecule has 0 spiro atoms. The van der Waals surface area contributed by atoms with Crippen LogP contribution in [-0.2, 0) is 40.2 Å². The number of rotatable bonds is 22. The standard InChI is InChI=1S/C136H90N6.2Ir/c1-89-73-131(137-84-127(89)93-29-9-5-10-30-93)103-61-49-97(50-62-103)115-37-17-23-43-121(115)109-77-110(122-44-24-18-38-116(122)98-51-63-104(64-52-98)132-74-90(2)128(85-138-132)94-31-11-6-12-32-94)80-113(79-109)125-47-27-21-41-119(125)101-57-69-107(70-58-101)135-83-136(142-88-141-135)108-71-59-102(60-72-108)120-42-22-28-48-126(120)114-81-111(123-45-25-19-39-117(123)99-53-65-105(66-54-99)133-75-91(3)129(86-139-133)95-33-13-7-14-34-95)78-112(82-114)124-46-26-20-40-118(124)100-55-67-106(68-56-100)134-76-92(4)130(87-140-134)96-35-15-8-16-36-96;;/h5-61,63,65,67,69,71,73-88H,1-4H3;;/q-6;2*+3/i1D3,2D3,3D3,4D3,5D,6D,7D,8D,9D,10D,11D,12D,13D,14D,15D,16D,29D,30D,31D,32D,33D,34D,35D,36D,88D;;. The number of benzene rings is 18. The summed E-state index contributed by atoms with van der Waals surface area (Å²) in [6.07, 6.45) is 4.58. The maximum absolute atomic E-state index is 9.20. The molecule has 5 heterocycles. The molecule has 682 valence electrons. The van der Waals surface area contributed by atoms with Crippen LogP contribution in [0.15, 0.2) is 473 Å². The molecule has 23 aromatic rings.